The first-order valence-electron chi connectivity index (χ1n) is 10.4. The Bertz CT molecular complexity index is 917. The van der Waals surface area contributed by atoms with E-state index in [1.54, 1.807) is 6.92 Å². The van der Waals surface area contributed by atoms with Crippen LogP contribution in [0.15, 0.2) is 48.5 Å². The minimum atomic E-state index is -0.315. The molecule has 0 fully saturated rings. The highest BCUT2D eigenvalue weighted by Gasteiger charge is 2.37. The van der Waals surface area contributed by atoms with Gasteiger partial charge in [-0.2, -0.15) is 0 Å². The lowest BCUT2D eigenvalue weighted by Crippen LogP contribution is -2.33. The second-order valence-electron chi connectivity index (χ2n) is 9.18. The maximum Gasteiger partial charge on any atom is 0.331 e. The summed E-state index contributed by atoms with van der Waals surface area (Å²) >= 11 is 0. The van der Waals surface area contributed by atoms with Gasteiger partial charge in [0.05, 0.1) is 6.61 Å². The molecule has 29 heavy (non-hydrogen) atoms. The predicted octanol–water partition coefficient (Wildman–Crippen LogP) is 6.79. The molecule has 0 spiro atoms. The Labute approximate surface area is 174 Å². The number of carbonyl (C=O) groups excluding carboxylic acids is 1. The first kappa shape index (κ1) is 21.2. The summed E-state index contributed by atoms with van der Waals surface area (Å²) in [5, 5.41) is 0. The molecule has 0 saturated carbocycles. The molecule has 2 aromatic carbocycles. The Kier molecular flexibility index (Phi) is 5.88. The normalized spacial score (nSPS) is 17.4. The SMILES string of the molecule is CCOC(=O)C=C(C)c1ccc(Oc2ccc3c(c2)C(C)(C)CCC3(C)C)cc1. The summed E-state index contributed by atoms with van der Waals surface area (Å²) in [7, 11) is 0. The molecular weight excluding hydrogens is 360 g/mol. The van der Waals surface area contributed by atoms with E-state index in [9.17, 15) is 4.79 Å². The molecule has 0 heterocycles. The van der Waals surface area contributed by atoms with E-state index >= 15 is 0 Å². The van der Waals surface area contributed by atoms with Gasteiger partial charge in [-0.3, -0.25) is 0 Å². The summed E-state index contributed by atoms with van der Waals surface area (Å²) < 4.78 is 11.1. The van der Waals surface area contributed by atoms with Crippen molar-refractivity contribution in [3.8, 4) is 11.5 Å². The van der Waals surface area contributed by atoms with Crippen LogP contribution in [0.5, 0.6) is 11.5 Å². The fraction of sp³-hybridized carbons (Fsp3) is 0.423. The van der Waals surface area contributed by atoms with Crippen LogP contribution in [0, 0.1) is 0 Å². The molecule has 2 aromatic rings. The standard InChI is InChI=1S/C26H32O3/c1-7-28-24(27)16-18(2)19-8-10-20(11-9-19)29-21-12-13-22-23(17-21)26(5,6)15-14-25(22,3)4/h8-13,16-17H,7,14-15H2,1-6H3. The summed E-state index contributed by atoms with van der Waals surface area (Å²) in [6.45, 7) is 13.4. The molecule has 154 valence electrons. The molecular formula is C26H32O3. The van der Waals surface area contributed by atoms with Crippen LogP contribution in [0.1, 0.15) is 71.1 Å². The molecule has 0 saturated heterocycles. The summed E-state index contributed by atoms with van der Waals surface area (Å²) in [5.41, 5.74) is 5.01. The fourth-order valence-corrected chi connectivity index (χ4v) is 4.00. The smallest absolute Gasteiger partial charge is 0.331 e. The van der Waals surface area contributed by atoms with Gasteiger partial charge in [0, 0.05) is 6.08 Å². The van der Waals surface area contributed by atoms with Crippen molar-refractivity contribution in [2.24, 2.45) is 0 Å². The van der Waals surface area contributed by atoms with E-state index in [0.29, 0.717) is 6.61 Å². The highest BCUT2D eigenvalue weighted by molar-refractivity contribution is 5.90. The molecule has 1 aliphatic carbocycles. The van der Waals surface area contributed by atoms with Crippen LogP contribution < -0.4 is 4.74 Å². The highest BCUT2D eigenvalue weighted by atomic mass is 16.5. The molecule has 0 unspecified atom stereocenters. The van der Waals surface area contributed by atoms with Gasteiger partial charge in [-0.15, -0.1) is 0 Å². The van der Waals surface area contributed by atoms with E-state index in [4.69, 9.17) is 9.47 Å². The molecule has 0 amide bonds. The van der Waals surface area contributed by atoms with Crippen LogP contribution in [0.3, 0.4) is 0 Å². The average molecular weight is 393 g/mol. The molecule has 3 heteroatoms. The van der Waals surface area contributed by atoms with E-state index in [1.807, 2.05) is 31.2 Å². The topological polar surface area (TPSA) is 35.5 Å². The third-order valence-electron chi connectivity index (χ3n) is 5.99. The minimum Gasteiger partial charge on any atom is -0.463 e. The molecule has 0 radical (unpaired) electrons. The molecule has 3 rings (SSSR count). The quantitative estimate of drug-likeness (QED) is 0.415. The maximum atomic E-state index is 11.6. The fourth-order valence-electron chi connectivity index (χ4n) is 4.00. The number of rotatable bonds is 5. The number of esters is 1. The zero-order valence-electron chi connectivity index (χ0n) is 18.5. The Balaban J connectivity index is 1.80. The van der Waals surface area contributed by atoms with Gasteiger partial charge < -0.3 is 9.47 Å². The first-order valence-corrected chi connectivity index (χ1v) is 10.4. The van der Waals surface area contributed by atoms with Gasteiger partial charge >= 0.3 is 5.97 Å². The van der Waals surface area contributed by atoms with Crippen LogP contribution in [-0.2, 0) is 20.4 Å². The monoisotopic (exact) mass is 392 g/mol. The average Bonchev–Trinajstić information content (AvgIpc) is 2.66. The second kappa shape index (κ2) is 8.06. The summed E-state index contributed by atoms with van der Waals surface area (Å²) in [5.74, 6) is 1.33. The number of ether oxygens (including phenoxy) is 2. The maximum absolute atomic E-state index is 11.6. The number of allylic oxidation sites excluding steroid dienone is 1. The van der Waals surface area contributed by atoms with Gasteiger partial charge in [0.1, 0.15) is 11.5 Å². The van der Waals surface area contributed by atoms with Crippen molar-refractivity contribution in [3.63, 3.8) is 0 Å². The Hall–Kier alpha value is -2.55. The molecule has 0 atom stereocenters. The number of hydrogen-bond donors (Lipinski definition) is 0. The van der Waals surface area contributed by atoms with E-state index in [0.717, 1.165) is 22.6 Å². The van der Waals surface area contributed by atoms with Crippen LogP contribution >= 0.6 is 0 Å². The van der Waals surface area contributed by atoms with Gasteiger partial charge in [-0.1, -0.05) is 45.9 Å². The third kappa shape index (κ3) is 4.72. The van der Waals surface area contributed by atoms with E-state index in [2.05, 4.69) is 45.9 Å². The molecule has 0 bridgehead atoms. The number of carbonyl (C=O) groups is 1. The third-order valence-corrected chi connectivity index (χ3v) is 5.99. The lowest BCUT2D eigenvalue weighted by Gasteiger charge is -2.41. The van der Waals surface area contributed by atoms with E-state index in [-0.39, 0.29) is 16.8 Å². The lowest BCUT2D eigenvalue weighted by molar-refractivity contribution is -0.137. The zero-order valence-corrected chi connectivity index (χ0v) is 18.5. The van der Waals surface area contributed by atoms with Gasteiger partial charge in [-0.05, 0) is 84.0 Å². The summed E-state index contributed by atoms with van der Waals surface area (Å²) in [4.78, 5) is 11.6. The minimum absolute atomic E-state index is 0.156. The van der Waals surface area contributed by atoms with Crippen molar-refractivity contribution < 1.29 is 14.3 Å². The molecule has 3 nitrogen and oxygen atoms in total. The molecule has 0 aliphatic heterocycles. The van der Waals surface area contributed by atoms with Crippen molar-refractivity contribution in [2.75, 3.05) is 6.61 Å². The Morgan fingerprint density at radius 3 is 2.14 bits per heavy atom. The predicted molar refractivity (Wildman–Crippen MR) is 119 cm³/mol. The van der Waals surface area contributed by atoms with Gasteiger partial charge in [-0.25, -0.2) is 4.79 Å². The summed E-state index contributed by atoms with van der Waals surface area (Å²) in [6.07, 6.45) is 3.90. The molecule has 0 aromatic heterocycles. The first-order chi connectivity index (χ1) is 13.6. The van der Waals surface area contributed by atoms with Crippen molar-refractivity contribution in [2.45, 2.75) is 65.2 Å². The van der Waals surface area contributed by atoms with Crippen molar-refractivity contribution in [3.05, 3.63) is 65.2 Å². The number of hydrogen-bond acceptors (Lipinski definition) is 3. The van der Waals surface area contributed by atoms with Crippen molar-refractivity contribution >= 4 is 11.5 Å². The Morgan fingerprint density at radius 2 is 1.52 bits per heavy atom. The van der Waals surface area contributed by atoms with Crippen molar-refractivity contribution in [1.29, 1.82) is 0 Å². The van der Waals surface area contributed by atoms with E-state index < -0.39 is 0 Å². The largest absolute Gasteiger partial charge is 0.463 e. The second-order valence-corrected chi connectivity index (χ2v) is 9.18. The highest BCUT2D eigenvalue weighted by Crippen LogP contribution is 2.47. The van der Waals surface area contributed by atoms with Gasteiger partial charge in [0.2, 0.25) is 0 Å². The van der Waals surface area contributed by atoms with Crippen molar-refractivity contribution in [1.82, 2.24) is 0 Å². The lowest BCUT2D eigenvalue weighted by atomic mass is 9.63. The zero-order chi connectivity index (χ0) is 21.2. The van der Waals surface area contributed by atoms with Gasteiger partial charge in [0.15, 0.2) is 0 Å². The van der Waals surface area contributed by atoms with Crippen LogP contribution in [0.25, 0.3) is 5.57 Å². The van der Waals surface area contributed by atoms with Crippen LogP contribution in [0.2, 0.25) is 0 Å². The van der Waals surface area contributed by atoms with Gasteiger partial charge in [0.25, 0.3) is 0 Å². The number of benzene rings is 2. The molecule has 0 N–H and O–H groups in total. The van der Waals surface area contributed by atoms with E-state index in [1.165, 1.54) is 30.0 Å². The molecule has 1 aliphatic rings. The van der Waals surface area contributed by atoms with Crippen LogP contribution in [0.4, 0.5) is 0 Å². The summed E-state index contributed by atoms with van der Waals surface area (Å²) in [6, 6.07) is 14.3. The number of fused-ring (bicyclic) bond motifs is 1. The Morgan fingerprint density at radius 1 is 0.931 bits per heavy atom. The van der Waals surface area contributed by atoms with Crippen LogP contribution in [-0.4, -0.2) is 12.6 Å².